The lowest BCUT2D eigenvalue weighted by Crippen LogP contribution is -1.97. The third-order valence-electron chi connectivity index (χ3n) is 1.05. The molecule has 0 aromatic heterocycles. The number of methoxy groups -OCH3 is 4. The quantitative estimate of drug-likeness (QED) is 0.484. The maximum Gasteiger partial charge on any atom is 0.146 e. The molecular formula is C11H28O6. The summed E-state index contributed by atoms with van der Waals surface area (Å²) in [5.41, 5.74) is 0. The van der Waals surface area contributed by atoms with Gasteiger partial charge in [-0.3, -0.25) is 0 Å². The van der Waals surface area contributed by atoms with Crippen molar-refractivity contribution >= 4 is 0 Å². The van der Waals surface area contributed by atoms with E-state index in [0.717, 1.165) is 13.2 Å². The van der Waals surface area contributed by atoms with Gasteiger partial charge in [0, 0.05) is 41.7 Å². The van der Waals surface area contributed by atoms with E-state index in [1.165, 1.54) is 0 Å². The Labute approximate surface area is 105 Å². The predicted molar refractivity (Wildman–Crippen MR) is 65.9 cm³/mol. The van der Waals surface area contributed by atoms with E-state index < -0.39 is 0 Å². The molecule has 0 heterocycles. The summed E-state index contributed by atoms with van der Waals surface area (Å²) < 4.78 is 27.6. The third-order valence-corrected chi connectivity index (χ3v) is 1.05. The fourth-order valence-electron chi connectivity index (χ4n) is 0.461. The Bertz CT molecular complexity index is 78.0. The molecule has 0 atom stereocenters. The molecular weight excluding hydrogens is 228 g/mol. The number of ether oxygens (including phenoxy) is 6. The van der Waals surface area contributed by atoms with Crippen LogP contribution in [0.1, 0.15) is 13.8 Å². The Morgan fingerprint density at radius 3 is 0.941 bits per heavy atom. The van der Waals surface area contributed by atoms with Crippen LogP contribution in [0.15, 0.2) is 0 Å². The molecule has 17 heavy (non-hydrogen) atoms. The molecule has 0 N–H and O–H groups in total. The van der Waals surface area contributed by atoms with Crippen LogP contribution in [-0.4, -0.2) is 62.0 Å². The first-order chi connectivity index (χ1) is 8.24. The first-order valence-corrected chi connectivity index (χ1v) is 5.36. The molecule has 0 rings (SSSR count). The zero-order valence-electron chi connectivity index (χ0n) is 12.0. The van der Waals surface area contributed by atoms with Crippen molar-refractivity contribution in [2.24, 2.45) is 0 Å². The van der Waals surface area contributed by atoms with E-state index in [0.29, 0.717) is 20.4 Å². The highest BCUT2D eigenvalue weighted by molar-refractivity contribution is 4.08. The van der Waals surface area contributed by atoms with E-state index in [1.54, 1.807) is 28.4 Å². The van der Waals surface area contributed by atoms with Crippen molar-refractivity contribution in [3.05, 3.63) is 0 Å². The molecule has 0 aromatic rings. The Morgan fingerprint density at radius 2 is 0.824 bits per heavy atom. The van der Waals surface area contributed by atoms with Crippen LogP contribution >= 0.6 is 0 Å². The van der Waals surface area contributed by atoms with Crippen LogP contribution in [0.25, 0.3) is 0 Å². The van der Waals surface area contributed by atoms with Crippen molar-refractivity contribution in [3.63, 3.8) is 0 Å². The third kappa shape index (κ3) is 49.6. The Balaban J connectivity index is -0.000000177. The summed E-state index contributed by atoms with van der Waals surface area (Å²) in [7, 11) is 6.35. The van der Waals surface area contributed by atoms with E-state index in [1.807, 2.05) is 13.8 Å². The van der Waals surface area contributed by atoms with Gasteiger partial charge in [0.2, 0.25) is 0 Å². The van der Waals surface area contributed by atoms with E-state index in [2.05, 4.69) is 18.9 Å². The maximum absolute atomic E-state index is 4.85. The second-order valence-electron chi connectivity index (χ2n) is 2.49. The van der Waals surface area contributed by atoms with E-state index in [-0.39, 0.29) is 0 Å². The lowest BCUT2D eigenvalue weighted by atomic mass is 10.9. The molecule has 0 saturated heterocycles. The van der Waals surface area contributed by atoms with Gasteiger partial charge in [-0.25, -0.2) is 0 Å². The summed E-state index contributed by atoms with van der Waals surface area (Å²) in [4.78, 5) is 0. The first-order valence-electron chi connectivity index (χ1n) is 5.36. The van der Waals surface area contributed by atoms with Crippen LogP contribution in [0.4, 0.5) is 0 Å². The van der Waals surface area contributed by atoms with E-state index in [9.17, 15) is 0 Å². The normalized spacial score (nSPS) is 8.82. The molecule has 0 aliphatic heterocycles. The zero-order chi connectivity index (χ0) is 13.8. The molecule has 0 aliphatic carbocycles. The van der Waals surface area contributed by atoms with Crippen LogP contribution in [0.3, 0.4) is 0 Å². The minimum atomic E-state index is 0.389. The molecule has 0 spiro atoms. The van der Waals surface area contributed by atoms with Crippen LogP contribution in [0, 0.1) is 0 Å². The van der Waals surface area contributed by atoms with Crippen molar-refractivity contribution < 1.29 is 28.4 Å². The molecule has 6 nitrogen and oxygen atoms in total. The van der Waals surface area contributed by atoms with Gasteiger partial charge in [-0.05, 0) is 13.8 Å². The van der Waals surface area contributed by atoms with Crippen LogP contribution < -0.4 is 0 Å². The molecule has 0 bridgehead atoms. The molecule has 6 heteroatoms. The Hall–Kier alpha value is -0.240. The lowest BCUT2D eigenvalue weighted by Gasteiger charge is -1.97. The van der Waals surface area contributed by atoms with Crippen LogP contribution in [0.5, 0.6) is 0 Å². The second-order valence-corrected chi connectivity index (χ2v) is 2.49. The van der Waals surface area contributed by atoms with Crippen molar-refractivity contribution in [1.29, 1.82) is 0 Å². The Kier molecular flexibility index (Phi) is 38.4. The minimum absolute atomic E-state index is 0.389. The summed E-state index contributed by atoms with van der Waals surface area (Å²) in [5, 5.41) is 0. The van der Waals surface area contributed by atoms with Gasteiger partial charge in [-0.15, -0.1) is 0 Å². The summed E-state index contributed by atoms with van der Waals surface area (Å²) >= 11 is 0. The standard InChI is InChI=1S/C5H12O2.2C3H8O2/c1-3-6-5-7-4-2;2*1-4-3-5-2/h3-5H2,1-2H3;2*3H2,1-2H3. The maximum atomic E-state index is 4.85. The smallest absolute Gasteiger partial charge is 0.146 e. The Morgan fingerprint density at radius 1 is 0.529 bits per heavy atom. The van der Waals surface area contributed by atoms with Gasteiger partial charge in [-0.2, -0.15) is 0 Å². The van der Waals surface area contributed by atoms with Crippen LogP contribution in [-0.2, 0) is 28.4 Å². The van der Waals surface area contributed by atoms with Gasteiger partial charge in [0.1, 0.15) is 20.4 Å². The van der Waals surface area contributed by atoms with Gasteiger partial charge in [0.05, 0.1) is 0 Å². The average Bonchev–Trinajstić information content (AvgIpc) is 2.33. The summed E-state index contributed by atoms with van der Waals surface area (Å²) in [6.45, 7) is 6.57. The monoisotopic (exact) mass is 256 g/mol. The highest BCUT2D eigenvalue weighted by Gasteiger charge is 1.76. The SMILES string of the molecule is CCOCOCC.COCOC.COCOC. The molecule has 0 fully saturated rings. The molecule has 0 saturated carbocycles. The number of rotatable bonds is 8. The molecule has 108 valence electrons. The highest BCUT2D eigenvalue weighted by Crippen LogP contribution is 1.74. The lowest BCUT2D eigenvalue weighted by molar-refractivity contribution is -0.0445. The largest absolute Gasteiger partial charge is 0.359 e. The molecule has 0 radical (unpaired) electrons. The number of hydrogen-bond donors (Lipinski definition) is 0. The molecule has 0 aliphatic rings. The van der Waals surface area contributed by atoms with Crippen molar-refractivity contribution in [3.8, 4) is 0 Å². The van der Waals surface area contributed by atoms with E-state index in [4.69, 9.17) is 9.47 Å². The van der Waals surface area contributed by atoms with Crippen molar-refractivity contribution in [2.45, 2.75) is 13.8 Å². The van der Waals surface area contributed by atoms with Gasteiger partial charge in [-0.1, -0.05) is 0 Å². The summed E-state index contributed by atoms with van der Waals surface area (Å²) in [6.07, 6.45) is 0. The fourth-order valence-corrected chi connectivity index (χ4v) is 0.461. The molecule has 0 aromatic carbocycles. The fraction of sp³-hybridized carbons (Fsp3) is 1.00. The minimum Gasteiger partial charge on any atom is -0.359 e. The van der Waals surface area contributed by atoms with Gasteiger partial charge >= 0.3 is 0 Å². The summed E-state index contributed by atoms with van der Waals surface area (Å²) in [5.74, 6) is 0. The molecule has 0 amide bonds. The second kappa shape index (κ2) is 29.7. The predicted octanol–water partition coefficient (Wildman–Crippen LogP) is 1.49. The van der Waals surface area contributed by atoms with Gasteiger partial charge < -0.3 is 28.4 Å². The van der Waals surface area contributed by atoms with Crippen molar-refractivity contribution in [2.75, 3.05) is 62.0 Å². The van der Waals surface area contributed by atoms with Crippen molar-refractivity contribution in [1.82, 2.24) is 0 Å². The van der Waals surface area contributed by atoms with E-state index >= 15 is 0 Å². The first kappa shape index (κ1) is 22.0. The van der Waals surface area contributed by atoms with Gasteiger partial charge in [0.25, 0.3) is 0 Å². The molecule has 0 unspecified atom stereocenters. The van der Waals surface area contributed by atoms with Gasteiger partial charge in [0.15, 0.2) is 0 Å². The highest BCUT2D eigenvalue weighted by atomic mass is 16.7. The summed E-state index contributed by atoms with van der Waals surface area (Å²) in [6, 6.07) is 0. The zero-order valence-corrected chi connectivity index (χ0v) is 12.0. The topological polar surface area (TPSA) is 55.4 Å². The number of hydrogen-bond acceptors (Lipinski definition) is 6. The average molecular weight is 256 g/mol. The van der Waals surface area contributed by atoms with Crippen LogP contribution in [0.2, 0.25) is 0 Å².